The van der Waals surface area contributed by atoms with E-state index in [1.54, 1.807) is 6.07 Å². The van der Waals surface area contributed by atoms with Crippen LogP contribution in [0.15, 0.2) is 18.2 Å². The minimum absolute atomic E-state index is 0.0482. The number of benzene rings is 1. The summed E-state index contributed by atoms with van der Waals surface area (Å²) >= 11 is 0. The third kappa shape index (κ3) is 4.02. The third-order valence-corrected chi connectivity index (χ3v) is 4.00. The fraction of sp³-hybridized carbons (Fsp3) is 0.562. The van der Waals surface area contributed by atoms with E-state index < -0.39 is 5.82 Å². The minimum Gasteiger partial charge on any atom is -0.494 e. The molecule has 0 radical (unpaired) electrons. The van der Waals surface area contributed by atoms with Crippen molar-refractivity contribution in [3.05, 3.63) is 29.6 Å². The van der Waals surface area contributed by atoms with E-state index in [4.69, 9.17) is 4.74 Å². The van der Waals surface area contributed by atoms with Crippen LogP contribution in [0.3, 0.4) is 0 Å². The molecule has 0 N–H and O–H groups in total. The van der Waals surface area contributed by atoms with Crippen molar-refractivity contribution in [3.8, 4) is 5.75 Å². The Balaban J connectivity index is 2.05. The number of nitrogens with zero attached hydrogens (tertiary/aromatic N) is 2. The first-order valence-electron chi connectivity index (χ1n) is 7.30. The van der Waals surface area contributed by atoms with Gasteiger partial charge in [-0.2, -0.15) is 0 Å². The molecule has 5 heteroatoms. The number of ether oxygens (including phenoxy) is 1. The van der Waals surface area contributed by atoms with Crippen LogP contribution in [-0.2, 0) is 0 Å². The van der Waals surface area contributed by atoms with E-state index in [-0.39, 0.29) is 11.5 Å². The molecule has 1 atom stereocenters. The molecule has 1 aromatic rings. The number of Topliss-reactive ketones (excluding diaryl/α,β-unsaturated/α-hetero) is 1. The van der Waals surface area contributed by atoms with Crippen molar-refractivity contribution in [2.45, 2.75) is 19.4 Å². The highest BCUT2D eigenvalue weighted by Gasteiger charge is 2.22. The molecular formula is C16H23FN2O2. The monoisotopic (exact) mass is 294 g/mol. The lowest BCUT2D eigenvalue weighted by molar-refractivity contribution is 0.0899. The first-order valence-corrected chi connectivity index (χ1v) is 7.30. The Morgan fingerprint density at radius 2 is 2.19 bits per heavy atom. The second-order valence-electron chi connectivity index (χ2n) is 5.71. The molecular weight excluding hydrogens is 271 g/mol. The van der Waals surface area contributed by atoms with Gasteiger partial charge in [0.25, 0.3) is 0 Å². The molecule has 1 aliphatic heterocycles. The Labute approximate surface area is 125 Å². The minimum atomic E-state index is -0.494. The molecule has 2 rings (SSSR count). The van der Waals surface area contributed by atoms with Gasteiger partial charge in [-0.1, -0.05) is 0 Å². The zero-order chi connectivity index (χ0) is 15.4. The number of halogens is 1. The predicted molar refractivity (Wildman–Crippen MR) is 80.4 cm³/mol. The number of carbonyl (C=O) groups is 1. The molecule has 116 valence electrons. The standard InChI is InChI=1S/C16H23FN2O2/c1-12-10-18(2)7-4-8-19(12)11-15(20)13-5-6-16(21-3)14(17)9-13/h5-6,9,12H,4,7-8,10-11H2,1-3H3. The van der Waals surface area contributed by atoms with Crippen molar-refractivity contribution in [3.63, 3.8) is 0 Å². The van der Waals surface area contributed by atoms with Gasteiger partial charge in [-0.3, -0.25) is 9.69 Å². The van der Waals surface area contributed by atoms with Gasteiger partial charge in [-0.05, 0) is 45.1 Å². The quantitative estimate of drug-likeness (QED) is 0.796. The van der Waals surface area contributed by atoms with Gasteiger partial charge < -0.3 is 9.64 Å². The van der Waals surface area contributed by atoms with Crippen molar-refractivity contribution in [1.82, 2.24) is 9.80 Å². The smallest absolute Gasteiger partial charge is 0.176 e. The molecule has 0 saturated carbocycles. The predicted octanol–water partition coefficient (Wildman–Crippen LogP) is 2.04. The van der Waals surface area contributed by atoms with Crippen LogP contribution in [0.2, 0.25) is 0 Å². The third-order valence-electron chi connectivity index (χ3n) is 4.00. The van der Waals surface area contributed by atoms with Gasteiger partial charge in [0.05, 0.1) is 13.7 Å². The molecule has 1 aliphatic rings. The van der Waals surface area contributed by atoms with Crippen LogP contribution in [0.4, 0.5) is 4.39 Å². The number of hydrogen-bond acceptors (Lipinski definition) is 4. The molecule has 0 amide bonds. The van der Waals surface area contributed by atoms with Crippen LogP contribution < -0.4 is 4.74 Å². The lowest BCUT2D eigenvalue weighted by Gasteiger charge is -2.27. The first-order chi connectivity index (χ1) is 10.0. The van der Waals surface area contributed by atoms with E-state index in [0.717, 1.165) is 26.1 Å². The van der Waals surface area contributed by atoms with Crippen molar-refractivity contribution in [2.75, 3.05) is 40.3 Å². The molecule has 0 aromatic heterocycles. The molecule has 1 fully saturated rings. The zero-order valence-corrected chi connectivity index (χ0v) is 12.9. The molecule has 1 saturated heterocycles. The maximum Gasteiger partial charge on any atom is 0.176 e. The van der Waals surface area contributed by atoms with Gasteiger partial charge in [-0.25, -0.2) is 4.39 Å². The SMILES string of the molecule is COc1ccc(C(=O)CN2CCCN(C)CC2C)cc1F. The van der Waals surface area contributed by atoms with E-state index in [2.05, 4.69) is 23.8 Å². The number of rotatable bonds is 4. The summed E-state index contributed by atoms with van der Waals surface area (Å²) in [6.07, 6.45) is 1.05. The molecule has 1 unspecified atom stereocenters. The average molecular weight is 294 g/mol. The van der Waals surface area contributed by atoms with Crippen LogP contribution in [0, 0.1) is 5.82 Å². The summed E-state index contributed by atoms with van der Waals surface area (Å²) in [5.74, 6) is -0.378. The van der Waals surface area contributed by atoms with Crippen LogP contribution in [0.1, 0.15) is 23.7 Å². The van der Waals surface area contributed by atoms with Gasteiger partial charge in [0.15, 0.2) is 17.3 Å². The summed E-state index contributed by atoms with van der Waals surface area (Å²) in [4.78, 5) is 16.8. The van der Waals surface area contributed by atoms with Crippen molar-refractivity contribution >= 4 is 5.78 Å². The second kappa shape index (κ2) is 7.00. The summed E-state index contributed by atoms with van der Waals surface area (Å²) in [7, 11) is 3.51. The Kier molecular flexibility index (Phi) is 5.31. The second-order valence-corrected chi connectivity index (χ2v) is 5.71. The van der Waals surface area contributed by atoms with Crippen LogP contribution in [-0.4, -0.2) is 62.0 Å². The van der Waals surface area contributed by atoms with Gasteiger partial charge in [0.2, 0.25) is 0 Å². The van der Waals surface area contributed by atoms with Gasteiger partial charge >= 0.3 is 0 Å². The molecule has 0 bridgehead atoms. The average Bonchev–Trinajstić information content (AvgIpc) is 2.60. The van der Waals surface area contributed by atoms with Crippen LogP contribution in [0.5, 0.6) is 5.75 Å². The maximum atomic E-state index is 13.7. The number of hydrogen-bond donors (Lipinski definition) is 0. The van der Waals surface area contributed by atoms with E-state index in [1.165, 1.54) is 19.2 Å². The Morgan fingerprint density at radius 3 is 2.86 bits per heavy atom. The number of likely N-dealkylation sites (N-methyl/N-ethyl adjacent to an activating group) is 1. The van der Waals surface area contributed by atoms with E-state index in [1.807, 2.05) is 0 Å². The van der Waals surface area contributed by atoms with Crippen molar-refractivity contribution in [2.24, 2.45) is 0 Å². The molecule has 1 aromatic carbocycles. The Hall–Kier alpha value is -1.46. The molecule has 0 aliphatic carbocycles. The van der Waals surface area contributed by atoms with E-state index >= 15 is 0 Å². The maximum absolute atomic E-state index is 13.7. The van der Waals surface area contributed by atoms with Gasteiger partial charge in [-0.15, -0.1) is 0 Å². The number of ketones is 1. The molecule has 21 heavy (non-hydrogen) atoms. The highest BCUT2D eigenvalue weighted by Crippen LogP contribution is 2.18. The zero-order valence-electron chi connectivity index (χ0n) is 12.9. The highest BCUT2D eigenvalue weighted by atomic mass is 19.1. The fourth-order valence-electron chi connectivity index (χ4n) is 2.77. The molecule has 1 heterocycles. The summed E-state index contributed by atoms with van der Waals surface area (Å²) in [6.45, 7) is 5.36. The normalized spacial score (nSPS) is 21.0. The number of methoxy groups -OCH3 is 1. The van der Waals surface area contributed by atoms with Gasteiger partial charge in [0.1, 0.15) is 0 Å². The lowest BCUT2D eigenvalue weighted by atomic mass is 10.1. The van der Waals surface area contributed by atoms with E-state index in [0.29, 0.717) is 18.2 Å². The topological polar surface area (TPSA) is 32.8 Å². The summed E-state index contributed by atoms with van der Waals surface area (Å²) in [5.41, 5.74) is 0.401. The largest absolute Gasteiger partial charge is 0.494 e. The first kappa shape index (κ1) is 15.9. The highest BCUT2D eigenvalue weighted by molar-refractivity contribution is 5.97. The van der Waals surface area contributed by atoms with E-state index in [9.17, 15) is 9.18 Å². The van der Waals surface area contributed by atoms with Crippen LogP contribution >= 0.6 is 0 Å². The lowest BCUT2D eigenvalue weighted by Crippen LogP contribution is -2.40. The van der Waals surface area contributed by atoms with Crippen LogP contribution in [0.25, 0.3) is 0 Å². The molecule has 0 spiro atoms. The summed E-state index contributed by atoms with van der Waals surface area (Å²) < 4.78 is 18.6. The number of carbonyl (C=O) groups excluding carboxylic acids is 1. The van der Waals surface area contributed by atoms with Crippen molar-refractivity contribution < 1.29 is 13.9 Å². The van der Waals surface area contributed by atoms with Gasteiger partial charge in [0, 0.05) is 24.7 Å². The Bertz CT molecular complexity index is 507. The summed E-state index contributed by atoms with van der Waals surface area (Å²) in [5, 5.41) is 0. The molecule has 4 nitrogen and oxygen atoms in total. The summed E-state index contributed by atoms with van der Waals surface area (Å²) in [6, 6.07) is 4.71. The fourth-order valence-corrected chi connectivity index (χ4v) is 2.77. The van der Waals surface area contributed by atoms with Crippen molar-refractivity contribution in [1.29, 1.82) is 0 Å². The Morgan fingerprint density at radius 1 is 1.43 bits per heavy atom.